The van der Waals surface area contributed by atoms with E-state index < -0.39 is 0 Å². The molecule has 174 valence electrons. The number of amides is 1. The average Bonchev–Trinajstić information content (AvgIpc) is 3.35. The van der Waals surface area contributed by atoms with E-state index in [-0.39, 0.29) is 11.8 Å². The van der Waals surface area contributed by atoms with Gasteiger partial charge in [0.25, 0.3) is 0 Å². The zero-order valence-corrected chi connectivity index (χ0v) is 19.3. The number of nitrogens with one attached hydrogen (secondary N) is 1. The van der Waals surface area contributed by atoms with E-state index in [2.05, 4.69) is 27.4 Å². The van der Waals surface area contributed by atoms with Crippen molar-refractivity contribution >= 4 is 11.9 Å². The van der Waals surface area contributed by atoms with Crippen LogP contribution < -0.4 is 15.0 Å². The fraction of sp³-hybridized carbons (Fsp3) is 0.625. The van der Waals surface area contributed by atoms with Gasteiger partial charge in [-0.2, -0.15) is 4.98 Å². The molecule has 2 fully saturated rings. The average molecular weight is 442 g/mol. The van der Waals surface area contributed by atoms with Crippen molar-refractivity contribution < 1.29 is 14.1 Å². The standard InChI is InChI=1S/C24H35N5O3/c1-28(20-8-4-3-5-9-20)16-14-25-23(30)19-7-6-15-29(17-19)24-26-22(27-32-24)18-10-12-21(31-2)13-11-18/h10-13,19-20H,3-9,14-17H2,1-2H3,(H,25,30). The molecule has 4 rings (SSSR count). The van der Waals surface area contributed by atoms with Crippen LogP contribution in [0.15, 0.2) is 28.8 Å². The van der Waals surface area contributed by atoms with Gasteiger partial charge in [-0.15, -0.1) is 0 Å². The Morgan fingerprint density at radius 2 is 1.97 bits per heavy atom. The summed E-state index contributed by atoms with van der Waals surface area (Å²) in [7, 11) is 3.82. The minimum absolute atomic E-state index is 0.0555. The second kappa shape index (κ2) is 10.8. The van der Waals surface area contributed by atoms with Gasteiger partial charge in [-0.1, -0.05) is 24.4 Å². The van der Waals surface area contributed by atoms with Crippen molar-refractivity contribution in [1.29, 1.82) is 0 Å². The van der Waals surface area contributed by atoms with Crippen molar-refractivity contribution in [2.24, 2.45) is 5.92 Å². The predicted octanol–water partition coefficient (Wildman–Crippen LogP) is 3.34. The summed E-state index contributed by atoms with van der Waals surface area (Å²) in [5.74, 6) is 1.40. The number of ether oxygens (including phenoxy) is 1. The lowest BCUT2D eigenvalue weighted by Crippen LogP contribution is -2.45. The Labute approximate surface area is 190 Å². The molecule has 8 heteroatoms. The van der Waals surface area contributed by atoms with Crippen LogP contribution in [0.5, 0.6) is 5.75 Å². The quantitative estimate of drug-likeness (QED) is 0.673. The Bertz CT molecular complexity index is 863. The molecule has 2 heterocycles. The SMILES string of the molecule is COc1ccc(-c2noc(N3CCCC(C(=O)NCCN(C)C4CCCCC4)C3)n2)cc1. The molecule has 1 aromatic carbocycles. The number of rotatable bonds is 8. The van der Waals surface area contributed by atoms with Gasteiger partial charge in [0.1, 0.15) is 5.75 Å². The summed E-state index contributed by atoms with van der Waals surface area (Å²) in [6, 6.07) is 8.71. The van der Waals surface area contributed by atoms with Crippen molar-refractivity contribution in [1.82, 2.24) is 20.4 Å². The van der Waals surface area contributed by atoms with E-state index in [1.807, 2.05) is 29.2 Å². The molecule has 32 heavy (non-hydrogen) atoms. The van der Waals surface area contributed by atoms with E-state index >= 15 is 0 Å². The van der Waals surface area contributed by atoms with E-state index in [4.69, 9.17) is 9.26 Å². The van der Waals surface area contributed by atoms with Crippen LogP contribution in [-0.4, -0.2) is 67.3 Å². The minimum Gasteiger partial charge on any atom is -0.497 e. The summed E-state index contributed by atoms with van der Waals surface area (Å²) in [4.78, 5) is 21.8. The van der Waals surface area contributed by atoms with Crippen molar-refractivity contribution in [3.8, 4) is 17.1 Å². The van der Waals surface area contributed by atoms with Gasteiger partial charge in [-0.25, -0.2) is 0 Å². The largest absolute Gasteiger partial charge is 0.497 e. The maximum absolute atomic E-state index is 12.8. The number of carbonyl (C=O) groups excluding carboxylic acids is 1. The van der Waals surface area contributed by atoms with Gasteiger partial charge < -0.3 is 24.4 Å². The summed E-state index contributed by atoms with van der Waals surface area (Å²) in [6.07, 6.45) is 8.40. The molecule has 1 unspecified atom stereocenters. The zero-order valence-electron chi connectivity index (χ0n) is 19.3. The summed E-state index contributed by atoms with van der Waals surface area (Å²) in [5, 5.41) is 7.28. The lowest BCUT2D eigenvalue weighted by molar-refractivity contribution is -0.125. The van der Waals surface area contributed by atoms with Crippen molar-refractivity contribution in [2.75, 3.05) is 45.2 Å². The van der Waals surface area contributed by atoms with Crippen molar-refractivity contribution in [3.05, 3.63) is 24.3 Å². The molecule has 1 saturated heterocycles. The molecule has 0 bridgehead atoms. The third kappa shape index (κ3) is 5.59. The van der Waals surface area contributed by atoms with Gasteiger partial charge in [0.05, 0.1) is 13.0 Å². The number of benzene rings is 1. The summed E-state index contributed by atoms with van der Waals surface area (Å²) in [5.41, 5.74) is 0.870. The third-order valence-electron chi connectivity index (χ3n) is 6.79. The van der Waals surface area contributed by atoms with Crippen LogP contribution in [0.25, 0.3) is 11.4 Å². The number of anilines is 1. The molecule has 1 aliphatic carbocycles. The minimum atomic E-state index is -0.0555. The van der Waals surface area contributed by atoms with Gasteiger partial charge in [-0.3, -0.25) is 4.79 Å². The number of aromatic nitrogens is 2. The Hall–Kier alpha value is -2.61. The van der Waals surface area contributed by atoms with Gasteiger partial charge in [0.2, 0.25) is 11.7 Å². The van der Waals surface area contributed by atoms with Crippen LogP contribution in [0.2, 0.25) is 0 Å². The van der Waals surface area contributed by atoms with Crippen LogP contribution in [-0.2, 0) is 4.79 Å². The molecular formula is C24H35N5O3. The topological polar surface area (TPSA) is 83.7 Å². The van der Waals surface area contributed by atoms with Crippen LogP contribution in [0, 0.1) is 5.92 Å². The van der Waals surface area contributed by atoms with Crippen molar-refractivity contribution in [3.63, 3.8) is 0 Å². The number of hydrogen-bond donors (Lipinski definition) is 1. The zero-order chi connectivity index (χ0) is 22.3. The fourth-order valence-electron chi connectivity index (χ4n) is 4.77. The van der Waals surface area contributed by atoms with E-state index in [0.717, 1.165) is 37.2 Å². The molecular weight excluding hydrogens is 406 g/mol. The molecule has 1 amide bonds. The van der Waals surface area contributed by atoms with Gasteiger partial charge in [0, 0.05) is 37.8 Å². The number of piperidine rings is 1. The van der Waals surface area contributed by atoms with E-state index in [9.17, 15) is 4.79 Å². The van der Waals surface area contributed by atoms with E-state index in [0.29, 0.717) is 31.0 Å². The van der Waals surface area contributed by atoms with Crippen LogP contribution in [0.1, 0.15) is 44.9 Å². The molecule has 1 N–H and O–H groups in total. The van der Waals surface area contributed by atoms with Crippen LogP contribution >= 0.6 is 0 Å². The first-order chi connectivity index (χ1) is 15.6. The number of likely N-dealkylation sites (N-methyl/N-ethyl adjacent to an activating group) is 1. The molecule has 2 aromatic rings. The first kappa shape index (κ1) is 22.6. The lowest BCUT2D eigenvalue weighted by atomic mass is 9.94. The lowest BCUT2D eigenvalue weighted by Gasteiger charge is -2.32. The molecule has 0 spiro atoms. The highest BCUT2D eigenvalue weighted by molar-refractivity contribution is 5.79. The molecule has 8 nitrogen and oxygen atoms in total. The number of carbonyl (C=O) groups is 1. The fourth-order valence-corrected chi connectivity index (χ4v) is 4.77. The van der Waals surface area contributed by atoms with Crippen LogP contribution in [0.4, 0.5) is 6.01 Å². The molecule has 0 radical (unpaired) electrons. The molecule has 1 aliphatic heterocycles. The highest BCUT2D eigenvalue weighted by atomic mass is 16.5. The third-order valence-corrected chi connectivity index (χ3v) is 6.79. The van der Waals surface area contributed by atoms with Crippen LogP contribution in [0.3, 0.4) is 0 Å². The smallest absolute Gasteiger partial charge is 0.324 e. The number of methoxy groups -OCH3 is 1. The summed E-state index contributed by atoms with van der Waals surface area (Å²) >= 11 is 0. The number of hydrogen-bond acceptors (Lipinski definition) is 7. The molecule has 1 aromatic heterocycles. The first-order valence-corrected chi connectivity index (χ1v) is 11.8. The molecule has 1 atom stereocenters. The van der Waals surface area contributed by atoms with Gasteiger partial charge >= 0.3 is 6.01 Å². The Balaban J connectivity index is 1.27. The second-order valence-corrected chi connectivity index (χ2v) is 8.98. The Morgan fingerprint density at radius 1 is 1.19 bits per heavy atom. The van der Waals surface area contributed by atoms with E-state index in [1.165, 1.54) is 32.1 Å². The van der Waals surface area contributed by atoms with Gasteiger partial charge in [-0.05, 0) is 57.0 Å². The van der Waals surface area contributed by atoms with E-state index in [1.54, 1.807) is 7.11 Å². The normalized spacial score (nSPS) is 19.8. The first-order valence-electron chi connectivity index (χ1n) is 11.8. The molecule has 2 aliphatic rings. The van der Waals surface area contributed by atoms with Gasteiger partial charge in [0.15, 0.2) is 0 Å². The Morgan fingerprint density at radius 3 is 2.72 bits per heavy atom. The number of nitrogens with zero attached hydrogens (tertiary/aromatic N) is 4. The maximum atomic E-state index is 12.8. The summed E-state index contributed by atoms with van der Waals surface area (Å²) in [6.45, 7) is 3.03. The molecule has 1 saturated carbocycles. The second-order valence-electron chi connectivity index (χ2n) is 8.98. The Kier molecular flexibility index (Phi) is 7.63. The highest BCUT2D eigenvalue weighted by Gasteiger charge is 2.29. The van der Waals surface area contributed by atoms with Crippen molar-refractivity contribution in [2.45, 2.75) is 51.0 Å². The predicted molar refractivity (Wildman–Crippen MR) is 124 cm³/mol. The maximum Gasteiger partial charge on any atom is 0.324 e. The highest BCUT2D eigenvalue weighted by Crippen LogP contribution is 2.26. The summed E-state index contributed by atoms with van der Waals surface area (Å²) < 4.78 is 10.7. The monoisotopic (exact) mass is 441 g/mol.